The van der Waals surface area contributed by atoms with Crippen LogP contribution in [0.15, 0.2) is 41.7 Å². The number of aliphatic hydroxyl groups is 1. The average Bonchev–Trinajstić information content (AvgIpc) is 2.91. The molecule has 1 aromatic heterocycles. The van der Waals surface area contributed by atoms with E-state index in [1.165, 1.54) is 32.1 Å². The van der Waals surface area contributed by atoms with Crippen molar-refractivity contribution in [2.75, 3.05) is 13.7 Å². The lowest BCUT2D eigenvalue weighted by molar-refractivity contribution is -0.0159. The molecular weight excluding hydrogens is 340 g/mol. The number of nitrogens with zero attached hydrogens (tertiary/aromatic N) is 3. The Hall–Kier alpha value is -2.34. The molecule has 1 aromatic carbocycles. The molecule has 0 amide bonds. The highest BCUT2D eigenvalue weighted by Gasteiger charge is 2.48. The molecule has 0 saturated heterocycles. The lowest BCUT2D eigenvalue weighted by Gasteiger charge is -2.36. The number of fused-ring (bicyclic) bond motifs is 1. The highest BCUT2D eigenvalue weighted by atomic mass is 16.5. The summed E-state index contributed by atoms with van der Waals surface area (Å²) in [5.74, 6) is 1.63. The van der Waals surface area contributed by atoms with Gasteiger partial charge in [0.05, 0.1) is 6.20 Å². The van der Waals surface area contributed by atoms with Crippen LogP contribution in [0.25, 0.3) is 10.8 Å². The smallest absolute Gasteiger partial charge is 0.193 e. The average molecular weight is 368 g/mol. The van der Waals surface area contributed by atoms with E-state index in [4.69, 9.17) is 15.5 Å². The number of hydrogen-bond donors (Lipinski definition) is 2. The van der Waals surface area contributed by atoms with Crippen molar-refractivity contribution in [3.8, 4) is 5.75 Å². The summed E-state index contributed by atoms with van der Waals surface area (Å²) in [6.07, 6.45) is 9.74. The van der Waals surface area contributed by atoms with Crippen LogP contribution in [0.3, 0.4) is 0 Å². The van der Waals surface area contributed by atoms with E-state index in [1.54, 1.807) is 18.1 Å². The number of pyridine rings is 1. The molecule has 0 bridgehead atoms. The number of hydrogen-bond acceptors (Lipinski definition) is 6. The molecule has 27 heavy (non-hydrogen) atoms. The van der Waals surface area contributed by atoms with Gasteiger partial charge in [-0.3, -0.25) is 4.98 Å². The van der Waals surface area contributed by atoms with Gasteiger partial charge in [-0.25, -0.2) is 4.99 Å². The number of benzene rings is 1. The zero-order valence-electron chi connectivity index (χ0n) is 15.8. The summed E-state index contributed by atoms with van der Waals surface area (Å²) in [7, 11) is 1.78. The number of rotatable bonds is 5. The van der Waals surface area contributed by atoms with Crippen molar-refractivity contribution in [1.82, 2.24) is 9.88 Å². The summed E-state index contributed by atoms with van der Waals surface area (Å²) in [5, 5.41) is 13.0. The molecule has 0 radical (unpaired) electrons. The quantitative estimate of drug-likeness (QED) is 0.848. The lowest BCUT2D eigenvalue weighted by atomic mass is 9.79. The van der Waals surface area contributed by atoms with Crippen molar-refractivity contribution in [2.24, 2.45) is 16.6 Å². The van der Waals surface area contributed by atoms with Gasteiger partial charge in [-0.15, -0.1) is 0 Å². The molecule has 2 heterocycles. The molecule has 3 N–H and O–H groups in total. The molecule has 2 aliphatic rings. The number of aliphatic imine (C=N–C) groups is 1. The molecule has 2 aromatic rings. The van der Waals surface area contributed by atoms with Gasteiger partial charge in [0.25, 0.3) is 0 Å². The second-order valence-electron chi connectivity index (χ2n) is 7.91. The Kier molecular flexibility index (Phi) is 4.91. The molecular formula is C21H28N4O2. The highest BCUT2D eigenvalue weighted by molar-refractivity contribution is 5.87. The van der Waals surface area contributed by atoms with Gasteiger partial charge in [-0.05, 0) is 12.3 Å². The van der Waals surface area contributed by atoms with Gasteiger partial charge in [0.2, 0.25) is 0 Å². The van der Waals surface area contributed by atoms with E-state index in [0.29, 0.717) is 17.6 Å². The highest BCUT2D eigenvalue weighted by Crippen LogP contribution is 2.38. The zero-order valence-corrected chi connectivity index (χ0v) is 15.8. The molecule has 0 spiro atoms. The third-order valence-corrected chi connectivity index (χ3v) is 6.02. The molecule has 4 rings (SSSR count). The van der Waals surface area contributed by atoms with E-state index in [2.05, 4.69) is 4.98 Å². The van der Waals surface area contributed by atoms with E-state index < -0.39 is 11.8 Å². The summed E-state index contributed by atoms with van der Waals surface area (Å²) in [6.45, 7) is 0.283. The van der Waals surface area contributed by atoms with Crippen molar-refractivity contribution in [2.45, 2.75) is 50.3 Å². The molecule has 2 unspecified atom stereocenters. The minimum atomic E-state index is -0.776. The Morgan fingerprint density at radius 3 is 2.74 bits per heavy atom. The molecule has 144 valence electrons. The van der Waals surface area contributed by atoms with Crippen LogP contribution in [0, 0.1) is 5.92 Å². The van der Waals surface area contributed by atoms with E-state index >= 15 is 0 Å². The van der Waals surface area contributed by atoms with Crippen molar-refractivity contribution >= 4 is 16.7 Å². The number of nitrogens with two attached hydrogens (primary N) is 1. The van der Waals surface area contributed by atoms with Crippen LogP contribution in [0.5, 0.6) is 5.75 Å². The number of ether oxygens (including phenoxy) is 1. The third-order valence-electron chi connectivity index (χ3n) is 6.02. The Morgan fingerprint density at radius 1 is 1.22 bits per heavy atom. The number of guanidine groups is 1. The first-order valence-corrected chi connectivity index (χ1v) is 9.81. The van der Waals surface area contributed by atoms with Gasteiger partial charge in [-0.1, -0.05) is 56.4 Å². The largest absolute Gasteiger partial charge is 0.489 e. The predicted molar refractivity (Wildman–Crippen MR) is 107 cm³/mol. The van der Waals surface area contributed by atoms with Crippen LogP contribution >= 0.6 is 0 Å². The first-order valence-electron chi connectivity index (χ1n) is 9.81. The summed E-state index contributed by atoms with van der Waals surface area (Å²) < 4.78 is 6.20. The summed E-state index contributed by atoms with van der Waals surface area (Å²) >= 11 is 0. The van der Waals surface area contributed by atoms with Gasteiger partial charge < -0.3 is 20.5 Å². The number of aromatic nitrogens is 1. The van der Waals surface area contributed by atoms with Crippen LogP contribution in [0.2, 0.25) is 0 Å². The van der Waals surface area contributed by atoms with Crippen molar-refractivity contribution < 1.29 is 9.84 Å². The fraction of sp³-hybridized carbons (Fsp3) is 0.524. The third kappa shape index (κ3) is 3.46. The van der Waals surface area contributed by atoms with Crippen LogP contribution in [-0.2, 0) is 0 Å². The van der Waals surface area contributed by atoms with Crippen molar-refractivity contribution in [3.05, 3.63) is 36.7 Å². The molecule has 2 atom stereocenters. The van der Waals surface area contributed by atoms with E-state index in [0.717, 1.165) is 17.2 Å². The Balaban J connectivity index is 1.59. The van der Waals surface area contributed by atoms with Crippen LogP contribution < -0.4 is 10.5 Å². The Morgan fingerprint density at radius 2 is 2.00 bits per heavy atom. The maximum atomic E-state index is 10.9. The summed E-state index contributed by atoms with van der Waals surface area (Å²) in [5.41, 5.74) is 5.32. The second-order valence-corrected chi connectivity index (χ2v) is 7.91. The minimum Gasteiger partial charge on any atom is -0.489 e. The molecule has 1 saturated carbocycles. The normalized spacial score (nSPS) is 26.4. The maximum absolute atomic E-state index is 10.9. The number of aliphatic hydroxyl groups excluding tert-OH is 1. The first kappa shape index (κ1) is 18.0. The maximum Gasteiger partial charge on any atom is 0.193 e. The molecule has 6 nitrogen and oxygen atoms in total. The Labute approximate surface area is 160 Å². The van der Waals surface area contributed by atoms with Crippen LogP contribution in [0.1, 0.15) is 38.5 Å². The molecule has 1 aliphatic carbocycles. The molecule has 1 aliphatic heterocycles. The SMILES string of the molecule is CN1C(N)=NC(COc2cncc3ccccc23)(CC2CCCCC2)C1O. The minimum absolute atomic E-state index is 0.283. The first-order chi connectivity index (χ1) is 13.1. The number of likely N-dealkylation sites (N-methyl/N-ethyl adjacent to an activating group) is 1. The van der Waals surface area contributed by atoms with Crippen molar-refractivity contribution in [3.63, 3.8) is 0 Å². The van der Waals surface area contributed by atoms with Crippen LogP contribution in [0.4, 0.5) is 0 Å². The van der Waals surface area contributed by atoms with Gasteiger partial charge in [0, 0.05) is 24.0 Å². The van der Waals surface area contributed by atoms with E-state index in [9.17, 15) is 5.11 Å². The van der Waals surface area contributed by atoms with Gasteiger partial charge >= 0.3 is 0 Å². The fourth-order valence-electron chi connectivity index (χ4n) is 4.46. The van der Waals surface area contributed by atoms with Crippen molar-refractivity contribution in [1.29, 1.82) is 0 Å². The lowest BCUT2D eigenvalue weighted by Crippen LogP contribution is -2.50. The van der Waals surface area contributed by atoms with Gasteiger partial charge in [-0.2, -0.15) is 0 Å². The Bertz CT molecular complexity index is 829. The predicted octanol–water partition coefficient (Wildman–Crippen LogP) is 2.90. The zero-order chi connectivity index (χ0) is 18.9. The van der Waals surface area contributed by atoms with E-state index in [-0.39, 0.29) is 6.61 Å². The van der Waals surface area contributed by atoms with E-state index in [1.807, 2.05) is 30.5 Å². The molecule has 1 fully saturated rings. The van der Waals surface area contributed by atoms with Gasteiger partial charge in [0.1, 0.15) is 17.9 Å². The van der Waals surface area contributed by atoms with Gasteiger partial charge in [0.15, 0.2) is 12.2 Å². The summed E-state index contributed by atoms with van der Waals surface area (Å²) in [4.78, 5) is 10.6. The topological polar surface area (TPSA) is 84.0 Å². The fourth-order valence-corrected chi connectivity index (χ4v) is 4.46. The van der Waals surface area contributed by atoms with Crippen LogP contribution in [-0.4, -0.2) is 46.4 Å². The molecule has 6 heteroatoms. The monoisotopic (exact) mass is 368 g/mol. The standard InChI is InChI=1S/C21H28N4O2/c1-25-19(26)21(24-20(25)22,11-15-7-3-2-4-8-15)14-27-18-13-23-12-16-9-5-6-10-17(16)18/h5-6,9-10,12-13,15,19,26H,2-4,7-8,11,14H2,1H3,(H2,22,24). The second kappa shape index (κ2) is 7.35. The summed E-state index contributed by atoms with van der Waals surface area (Å²) in [6, 6.07) is 8.01.